The Balaban J connectivity index is 1.88. The largest absolute Gasteiger partial charge is 0.460 e. The molecule has 36 heavy (non-hydrogen) atoms. The van der Waals surface area contributed by atoms with E-state index in [0.29, 0.717) is 5.02 Å². The molecule has 196 valence electrons. The van der Waals surface area contributed by atoms with Gasteiger partial charge in [0, 0.05) is 5.02 Å². The number of alkyl halides is 3. The molecule has 3 rings (SSSR count). The van der Waals surface area contributed by atoms with Crippen molar-refractivity contribution in [1.82, 2.24) is 0 Å². The van der Waals surface area contributed by atoms with E-state index in [0.717, 1.165) is 25.3 Å². The van der Waals surface area contributed by atoms with Crippen LogP contribution < -0.4 is 5.32 Å². The molecule has 0 spiro atoms. The normalized spacial score (nSPS) is 16.7. The van der Waals surface area contributed by atoms with E-state index in [1.165, 1.54) is 24.3 Å². The van der Waals surface area contributed by atoms with Gasteiger partial charge in [-0.2, -0.15) is 13.2 Å². The second kappa shape index (κ2) is 11.0. The monoisotopic (exact) mass is 543 g/mol. The standard InChI is InChI=1S/C27H30Cl2F3NO3/c1-15(27(30,31)32)24(17-7-10-19(28)11-8-17)25(35)33-22-13-18(9-12-21(22)29)20(16-5-6-16)14-23(34)36-26(2,3)4/h7-13,15-16,20,24H,5-6,14H2,1-4H3,(H,33,35)/t15-,20+,24+/m1/s1. The van der Waals surface area contributed by atoms with Crippen LogP contribution in [-0.2, 0) is 14.3 Å². The first-order chi connectivity index (χ1) is 16.7. The number of carbonyl (C=O) groups is 2. The number of ether oxygens (including phenoxy) is 1. The minimum Gasteiger partial charge on any atom is -0.460 e. The molecule has 0 aliphatic heterocycles. The Morgan fingerprint density at radius 3 is 2.14 bits per heavy atom. The quantitative estimate of drug-likeness (QED) is 0.342. The van der Waals surface area contributed by atoms with Gasteiger partial charge in [-0.05, 0) is 80.8 Å². The highest BCUT2D eigenvalue weighted by molar-refractivity contribution is 6.33. The summed E-state index contributed by atoms with van der Waals surface area (Å²) in [7, 11) is 0. The van der Waals surface area contributed by atoms with Crippen molar-refractivity contribution in [2.24, 2.45) is 11.8 Å². The summed E-state index contributed by atoms with van der Waals surface area (Å²) in [5.74, 6) is -4.49. The summed E-state index contributed by atoms with van der Waals surface area (Å²) < 4.78 is 46.5. The summed E-state index contributed by atoms with van der Waals surface area (Å²) in [6, 6.07) is 10.7. The highest BCUT2D eigenvalue weighted by Gasteiger charge is 2.45. The van der Waals surface area contributed by atoms with E-state index < -0.39 is 29.5 Å². The molecule has 1 saturated carbocycles. The fraction of sp³-hybridized carbons (Fsp3) is 0.481. The van der Waals surface area contributed by atoms with Crippen molar-refractivity contribution in [3.05, 3.63) is 63.6 Å². The van der Waals surface area contributed by atoms with Gasteiger partial charge in [0.15, 0.2) is 0 Å². The predicted octanol–water partition coefficient (Wildman–Crippen LogP) is 8.14. The lowest BCUT2D eigenvalue weighted by atomic mass is 9.85. The minimum absolute atomic E-state index is 0.145. The molecule has 0 saturated heterocycles. The molecule has 1 aliphatic carbocycles. The van der Waals surface area contributed by atoms with Crippen LogP contribution >= 0.6 is 23.2 Å². The SMILES string of the molecule is C[C@H]([C@H](C(=O)Nc1cc([C@@H](CC(=O)OC(C)(C)C)C2CC2)ccc1Cl)c1ccc(Cl)cc1)C(F)(F)F. The lowest BCUT2D eigenvalue weighted by molar-refractivity contribution is -0.178. The zero-order valence-corrected chi connectivity index (χ0v) is 22.1. The zero-order valence-electron chi connectivity index (χ0n) is 20.6. The van der Waals surface area contributed by atoms with Crippen LogP contribution in [0.15, 0.2) is 42.5 Å². The van der Waals surface area contributed by atoms with Crippen molar-refractivity contribution in [1.29, 1.82) is 0 Å². The predicted molar refractivity (Wildman–Crippen MR) is 135 cm³/mol. The maximum absolute atomic E-state index is 13.7. The van der Waals surface area contributed by atoms with Crippen LogP contribution in [0, 0.1) is 11.8 Å². The third kappa shape index (κ3) is 7.62. The van der Waals surface area contributed by atoms with E-state index in [1.54, 1.807) is 39.0 Å². The first-order valence-corrected chi connectivity index (χ1v) is 12.6. The molecule has 2 aromatic carbocycles. The van der Waals surface area contributed by atoms with E-state index in [-0.39, 0.29) is 40.5 Å². The van der Waals surface area contributed by atoms with Crippen LogP contribution in [0.5, 0.6) is 0 Å². The number of esters is 1. The topological polar surface area (TPSA) is 55.4 Å². The highest BCUT2D eigenvalue weighted by atomic mass is 35.5. The van der Waals surface area contributed by atoms with Crippen molar-refractivity contribution in [3.63, 3.8) is 0 Å². The molecule has 0 bridgehead atoms. The number of amides is 1. The van der Waals surface area contributed by atoms with Crippen molar-refractivity contribution >= 4 is 40.8 Å². The number of halogens is 5. The summed E-state index contributed by atoms with van der Waals surface area (Å²) in [4.78, 5) is 25.7. The number of hydrogen-bond donors (Lipinski definition) is 1. The number of nitrogens with one attached hydrogen (secondary N) is 1. The second-order valence-corrected chi connectivity index (χ2v) is 11.2. The Bertz CT molecular complexity index is 1090. The van der Waals surface area contributed by atoms with Gasteiger partial charge < -0.3 is 10.1 Å². The zero-order chi connectivity index (χ0) is 26.8. The van der Waals surface area contributed by atoms with Crippen molar-refractivity contribution in [3.8, 4) is 0 Å². The first kappa shape index (κ1) is 28.3. The van der Waals surface area contributed by atoms with Gasteiger partial charge in [-0.15, -0.1) is 0 Å². The summed E-state index contributed by atoms with van der Waals surface area (Å²) in [5.41, 5.74) is 0.544. The average Bonchev–Trinajstić information content (AvgIpc) is 3.58. The minimum atomic E-state index is -4.60. The molecular formula is C27H30Cl2F3NO3. The average molecular weight is 544 g/mol. The molecule has 0 heterocycles. The van der Waals surface area contributed by atoms with Crippen LogP contribution in [-0.4, -0.2) is 23.7 Å². The molecule has 3 atom stereocenters. The lowest BCUT2D eigenvalue weighted by Crippen LogP contribution is -2.34. The third-order valence-electron chi connectivity index (χ3n) is 6.20. The number of carbonyl (C=O) groups excluding carboxylic acids is 2. The Morgan fingerprint density at radius 1 is 1.03 bits per heavy atom. The molecule has 0 unspecified atom stereocenters. The van der Waals surface area contributed by atoms with E-state index in [4.69, 9.17) is 27.9 Å². The molecular weight excluding hydrogens is 514 g/mol. The highest BCUT2D eigenvalue weighted by Crippen LogP contribution is 2.46. The summed E-state index contributed by atoms with van der Waals surface area (Å²) >= 11 is 12.2. The second-order valence-electron chi connectivity index (χ2n) is 10.3. The van der Waals surface area contributed by atoms with Crippen LogP contribution in [0.2, 0.25) is 10.0 Å². The van der Waals surface area contributed by atoms with E-state index in [2.05, 4.69) is 5.32 Å². The van der Waals surface area contributed by atoms with Crippen LogP contribution in [0.1, 0.15) is 69.9 Å². The molecule has 1 amide bonds. The number of anilines is 1. The van der Waals surface area contributed by atoms with Gasteiger partial charge in [-0.3, -0.25) is 9.59 Å². The smallest absolute Gasteiger partial charge is 0.392 e. The fourth-order valence-electron chi connectivity index (χ4n) is 4.22. The van der Waals surface area contributed by atoms with E-state index >= 15 is 0 Å². The molecule has 1 fully saturated rings. The Hall–Kier alpha value is -2.25. The summed E-state index contributed by atoms with van der Waals surface area (Å²) in [5, 5.41) is 3.14. The van der Waals surface area contributed by atoms with Crippen molar-refractivity contribution in [2.75, 3.05) is 5.32 Å². The van der Waals surface area contributed by atoms with E-state index in [9.17, 15) is 22.8 Å². The molecule has 9 heteroatoms. The van der Waals surface area contributed by atoms with Crippen molar-refractivity contribution in [2.45, 2.75) is 70.6 Å². The molecule has 0 aromatic heterocycles. The maximum atomic E-state index is 13.7. The molecule has 0 radical (unpaired) electrons. The number of hydrogen-bond acceptors (Lipinski definition) is 3. The maximum Gasteiger partial charge on any atom is 0.392 e. The molecule has 1 N–H and O–H groups in total. The van der Waals surface area contributed by atoms with Crippen LogP contribution in [0.4, 0.5) is 18.9 Å². The summed E-state index contributed by atoms with van der Waals surface area (Å²) in [6.45, 7) is 6.37. The van der Waals surface area contributed by atoms with Gasteiger partial charge in [0.1, 0.15) is 5.60 Å². The molecule has 2 aromatic rings. The number of rotatable bonds is 8. The van der Waals surface area contributed by atoms with Crippen molar-refractivity contribution < 1.29 is 27.5 Å². The Morgan fingerprint density at radius 2 is 1.61 bits per heavy atom. The molecule has 4 nitrogen and oxygen atoms in total. The van der Waals surface area contributed by atoms with E-state index in [1.807, 2.05) is 0 Å². The van der Waals surface area contributed by atoms with Gasteiger partial charge in [0.05, 0.1) is 29.0 Å². The van der Waals surface area contributed by atoms with Gasteiger partial charge in [-0.1, -0.05) is 48.3 Å². The Labute approximate surface area is 219 Å². The van der Waals surface area contributed by atoms with Gasteiger partial charge >= 0.3 is 12.1 Å². The fourth-order valence-corrected chi connectivity index (χ4v) is 4.51. The number of benzene rings is 2. The van der Waals surface area contributed by atoms with Crippen LogP contribution in [0.25, 0.3) is 0 Å². The van der Waals surface area contributed by atoms with Gasteiger partial charge in [0.25, 0.3) is 0 Å². The lowest BCUT2D eigenvalue weighted by Gasteiger charge is -2.26. The molecule has 1 aliphatic rings. The summed E-state index contributed by atoms with van der Waals surface area (Å²) in [6.07, 6.45) is -2.52. The van der Waals surface area contributed by atoms with Gasteiger partial charge in [0.2, 0.25) is 5.91 Å². The van der Waals surface area contributed by atoms with Crippen LogP contribution in [0.3, 0.4) is 0 Å². The van der Waals surface area contributed by atoms with Gasteiger partial charge in [-0.25, -0.2) is 0 Å². The Kier molecular flexibility index (Phi) is 8.67. The third-order valence-corrected chi connectivity index (χ3v) is 6.78. The first-order valence-electron chi connectivity index (χ1n) is 11.8.